The molecule has 1 saturated heterocycles. The number of likely N-dealkylation sites (N-methyl/N-ethyl adjacent to an activating group) is 1. The summed E-state index contributed by atoms with van der Waals surface area (Å²) in [6, 6.07) is 12.2. The Morgan fingerprint density at radius 3 is 2.71 bits per heavy atom. The molecule has 1 aliphatic heterocycles. The molecule has 0 radical (unpaired) electrons. The molecule has 1 aliphatic rings. The van der Waals surface area contributed by atoms with Crippen LogP contribution in [0.4, 0.5) is 0 Å². The molecule has 0 aromatic heterocycles. The maximum atomic E-state index is 12.4. The Balaban J connectivity index is 1.43. The molecule has 0 atom stereocenters. The maximum Gasteiger partial charge on any atom is 0.258 e. The third kappa shape index (κ3) is 7.90. The van der Waals surface area contributed by atoms with E-state index < -0.39 is 0 Å². The van der Waals surface area contributed by atoms with Gasteiger partial charge in [0.2, 0.25) is 0 Å². The number of rotatable bonds is 11. The number of aryl methyl sites for hydroxylation is 1. The van der Waals surface area contributed by atoms with E-state index >= 15 is 0 Å². The molecule has 2 aromatic carbocycles. The van der Waals surface area contributed by atoms with Crippen LogP contribution in [0, 0.1) is 6.92 Å². The van der Waals surface area contributed by atoms with Gasteiger partial charge in [0.1, 0.15) is 18.1 Å². The first kappa shape index (κ1) is 26.3. The highest BCUT2D eigenvalue weighted by Crippen LogP contribution is 2.32. The largest absolute Gasteiger partial charge is 0.492 e. The summed E-state index contributed by atoms with van der Waals surface area (Å²) in [7, 11) is 2.14. The van der Waals surface area contributed by atoms with E-state index in [-0.39, 0.29) is 18.4 Å². The standard InChI is InChI=1S/C27H37ClN2O4/c1-19(2)24-16-25(28)20(3)14-26(24)34-18-27(31)29-17-21-6-5-7-23(15-21)33-13-10-30(4)22-8-11-32-12-9-22/h5-7,14-16,19,22H,8-13,17-18H2,1-4H3,(H,29,31). The molecule has 0 aliphatic carbocycles. The lowest BCUT2D eigenvalue weighted by Gasteiger charge is -2.31. The molecule has 1 heterocycles. The van der Waals surface area contributed by atoms with E-state index in [1.54, 1.807) is 0 Å². The number of hydrogen-bond acceptors (Lipinski definition) is 5. The van der Waals surface area contributed by atoms with Crippen LogP contribution in [-0.2, 0) is 16.1 Å². The van der Waals surface area contributed by atoms with Gasteiger partial charge in [-0.05, 0) is 73.7 Å². The van der Waals surface area contributed by atoms with Crippen LogP contribution in [-0.4, -0.2) is 56.9 Å². The van der Waals surface area contributed by atoms with Crippen LogP contribution in [0.15, 0.2) is 36.4 Å². The molecule has 7 heteroatoms. The first-order valence-electron chi connectivity index (χ1n) is 12.0. The number of hydrogen-bond donors (Lipinski definition) is 1. The molecule has 1 amide bonds. The lowest BCUT2D eigenvalue weighted by molar-refractivity contribution is -0.123. The Hall–Kier alpha value is -2.28. The van der Waals surface area contributed by atoms with E-state index in [0.29, 0.717) is 30.0 Å². The normalized spacial score (nSPS) is 14.4. The summed E-state index contributed by atoms with van der Waals surface area (Å²) in [5.41, 5.74) is 2.90. The van der Waals surface area contributed by atoms with Gasteiger partial charge in [0.25, 0.3) is 5.91 Å². The van der Waals surface area contributed by atoms with Crippen molar-refractivity contribution in [3.05, 3.63) is 58.1 Å². The Labute approximate surface area is 208 Å². The van der Waals surface area contributed by atoms with Gasteiger partial charge < -0.3 is 19.5 Å². The van der Waals surface area contributed by atoms with Gasteiger partial charge in [-0.15, -0.1) is 0 Å². The third-order valence-corrected chi connectivity index (χ3v) is 6.59. The Kier molecular flexibility index (Phi) is 10.1. The SMILES string of the molecule is Cc1cc(OCC(=O)NCc2cccc(OCCN(C)C3CCOCC3)c2)c(C(C)C)cc1Cl. The van der Waals surface area contributed by atoms with E-state index in [1.807, 2.05) is 43.3 Å². The monoisotopic (exact) mass is 488 g/mol. The Morgan fingerprint density at radius 2 is 1.97 bits per heavy atom. The average Bonchev–Trinajstić information content (AvgIpc) is 2.83. The van der Waals surface area contributed by atoms with Gasteiger partial charge >= 0.3 is 0 Å². The fraction of sp³-hybridized carbons (Fsp3) is 0.519. The third-order valence-electron chi connectivity index (χ3n) is 6.19. The number of halogens is 1. The van der Waals surface area contributed by atoms with Crippen LogP contribution >= 0.6 is 11.6 Å². The first-order chi connectivity index (χ1) is 16.3. The van der Waals surface area contributed by atoms with Crippen LogP contribution in [0.2, 0.25) is 5.02 Å². The topological polar surface area (TPSA) is 60.0 Å². The van der Waals surface area contributed by atoms with Crippen molar-refractivity contribution < 1.29 is 19.0 Å². The van der Waals surface area contributed by atoms with Crippen molar-refractivity contribution in [2.24, 2.45) is 0 Å². The molecule has 0 unspecified atom stereocenters. The molecule has 0 spiro atoms. The van der Waals surface area contributed by atoms with Gasteiger partial charge in [-0.3, -0.25) is 9.69 Å². The summed E-state index contributed by atoms with van der Waals surface area (Å²) < 4.78 is 17.2. The number of nitrogens with zero attached hydrogens (tertiary/aromatic N) is 1. The second-order valence-electron chi connectivity index (χ2n) is 9.18. The van der Waals surface area contributed by atoms with Crippen LogP contribution in [0.5, 0.6) is 11.5 Å². The number of ether oxygens (including phenoxy) is 3. The van der Waals surface area contributed by atoms with Crippen molar-refractivity contribution in [1.82, 2.24) is 10.2 Å². The van der Waals surface area contributed by atoms with Crippen molar-refractivity contribution in [1.29, 1.82) is 0 Å². The van der Waals surface area contributed by atoms with E-state index in [9.17, 15) is 4.79 Å². The maximum absolute atomic E-state index is 12.4. The Bertz CT molecular complexity index is 944. The van der Waals surface area contributed by atoms with Gasteiger partial charge in [-0.25, -0.2) is 0 Å². The minimum atomic E-state index is -0.174. The highest BCUT2D eigenvalue weighted by atomic mass is 35.5. The van der Waals surface area contributed by atoms with Gasteiger partial charge in [0.05, 0.1) is 0 Å². The molecule has 0 bridgehead atoms. The average molecular weight is 489 g/mol. The number of amides is 1. The molecule has 3 rings (SSSR count). The van der Waals surface area contributed by atoms with Crippen molar-refractivity contribution in [3.8, 4) is 11.5 Å². The van der Waals surface area contributed by atoms with Crippen molar-refractivity contribution >= 4 is 17.5 Å². The van der Waals surface area contributed by atoms with E-state index in [4.69, 9.17) is 25.8 Å². The summed E-state index contributed by atoms with van der Waals surface area (Å²) in [5, 5.41) is 3.63. The predicted molar refractivity (Wildman–Crippen MR) is 136 cm³/mol. The van der Waals surface area contributed by atoms with E-state index in [1.165, 1.54) is 0 Å². The quantitative estimate of drug-likeness (QED) is 0.484. The summed E-state index contributed by atoms with van der Waals surface area (Å²) >= 11 is 6.25. The molecule has 34 heavy (non-hydrogen) atoms. The zero-order valence-electron chi connectivity index (χ0n) is 20.7. The van der Waals surface area contributed by atoms with Gasteiger partial charge in [-0.2, -0.15) is 0 Å². The summed E-state index contributed by atoms with van der Waals surface area (Å²) in [6.07, 6.45) is 2.15. The van der Waals surface area contributed by atoms with Gasteiger partial charge in [-0.1, -0.05) is 37.6 Å². The second kappa shape index (κ2) is 13.0. The van der Waals surface area contributed by atoms with Crippen molar-refractivity contribution in [2.45, 2.75) is 52.1 Å². The zero-order chi connectivity index (χ0) is 24.5. The second-order valence-corrected chi connectivity index (χ2v) is 9.59. The summed E-state index contributed by atoms with van der Waals surface area (Å²) in [6.45, 7) is 9.62. The summed E-state index contributed by atoms with van der Waals surface area (Å²) in [4.78, 5) is 14.7. The van der Waals surface area contributed by atoms with Crippen molar-refractivity contribution in [3.63, 3.8) is 0 Å². The number of carbonyl (C=O) groups is 1. The van der Waals surface area contributed by atoms with Crippen LogP contribution in [0.1, 0.15) is 49.3 Å². The highest BCUT2D eigenvalue weighted by Gasteiger charge is 2.18. The van der Waals surface area contributed by atoms with E-state index in [0.717, 1.165) is 55.0 Å². The smallest absolute Gasteiger partial charge is 0.258 e. The zero-order valence-corrected chi connectivity index (χ0v) is 21.5. The number of carbonyl (C=O) groups excluding carboxylic acids is 1. The number of benzene rings is 2. The minimum absolute atomic E-state index is 0.0461. The molecular formula is C27H37ClN2O4. The molecule has 1 N–H and O–H groups in total. The number of nitrogens with one attached hydrogen (secondary N) is 1. The molecular weight excluding hydrogens is 452 g/mol. The molecule has 6 nitrogen and oxygen atoms in total. The lowest BCUT2D eigenvalue weighted by atomic mass is 10.0. The first-order valence-corrected chi connectivity index (χ1v) is 12.4. The fourth-order valence-electron chi connectivity index (χ4n) is 4.00. The molecule has 186 valence electrons. The van der Waals surface area contributed by atoms with E-state index in [2.05, 4.69) is 31.1 Å². The Morgan fingerprint density at radius 1 is 1.21 bits per heavy atom. The van der Waals surface area contributed by atoms with Crippen LogP contribution < -0.4 is 14.8 Å². The lowest BCUT2D eigenvalue weighted by Crippen LogP contribution is -2.38. The molecule has 0 saturated carbocycles. The minimum Gasteiger partial charge on any atom is -0.492 e. The molecule has 1 fully saturated rings. The summed E-state index contributed by atoms with van der Waals surface area (Å²) in [5.74, 6) is 1.58. The van der Waals surface area contributed by atoms with Crippen LogP contribution in [0.3, 0.4) is 0 Å². The van der Waals surface area contributed by atoms with Gasteiger partial charge in [0.15, 0.2) is 6.61 Å². The van der Waals surface area contributed by atoms with Gasteiger partial charge in [0, 0.05) is 37.4 Å². The van der Waals surface area contributed by atoms with Crippen LogP contribution in [0.25, 0.3) is 0 Å². The predicted octanol–water partition coefficient (Wildman–Crippen LogP) is 4.96. The molecule has 2 aromatic rings. The highest BCUT2D eigenvalue weighted by molar-refractivity contribution is 6.31. The van der Waals surface area contributed by atoms with Crippen molar-refractivity contribution in [2.75, 3.05) is 40.0 Å². The fourth-order valence-corrected chi connectivity index (χ4v) is 4.17.